The van der Waals surface area contributed by atoms with Crippen LogP contribution < -0.4 is 5.32 Å². The van der Waals surface area contributed by atoms with Crippen molar-refractivity contribution in [2.45, 2.75) is 19.4 Å². The second kappa shape index (κ2) is 7.20. The molecular formula is C19H16Cl2N2O. The molecule has 5 heteroatoms. The highest BCUT2D eigenvalue weighted by Crippen LogP contribution is 2.26. The first-order valence-corrected chi connectivity index (χ1v) is 8.36. The molecular weight excluding hydrogens is 343 g/mol. The molecule has 0 saturated carbocycles. The lowest BCUT2D eigenvalue weighted by Crippen LogP contribution is -2.27. The fraction of sp³-hybridized carbons (Fsp3) is 0.158. The Hall–Kier alpha value is -2.10. The maximum absolute atomic E-state index is 12.5. The van der Waals surface area contributed by atoms with Gasteiger partial charge in [0.25, 0.3) is 0 Å². The summed E-state index contributed by atoms with van der Waals surface area (Å²) in [6.07, 6.45) is 3.55. The van der Waals surface area contributed by atoms with Crippen molar-refractivity contribution in [2.75, 3.05) is 0 Å². The van der Waals surface area contributed by atoms with Crippen molar-refractivity contribution in [3.8, 4) is 0 Å². The van der Waals surface area contributed by atoms with E-state index in [1.54, 1.807) is 24.5 Å². The SMILES string of the molecule is CC(C(=O)NCc1ccc(Cl)c(Cl)c1)c1cccc2cnccc12. The predicted molar refractivity (Wildman–Crippen MR) is 98.5 cm³/mol. The molecule has 2 aromatic carbocycles. The Morgan fingerprint density at radius 3 is 2.79 bits per heavy atom. The van der Waals surface area contributed by atoms with Crippen LogP contribution in [0.15, 0.2) is 54.9 Å². The van der Waals surface area contributed by atoms with Crippen molar-refractivity contribution in [3.63, 3.8) is 0 Å². The van der Waals surface area contributed by atoms with Gasteiger partial charge in [0.05, 0.1) is 16.0 Å². The first-order chi connectivity index (χ1) is 11.6. The molecule has 0 saturated heterocycles. The summed E-state index contributed by atoms with van der Waals surface area (Å²) in [6.45, 7) is 2.31. The molecule has 1 amide bonds. The summed E-state index contributed by atoms with van der Waals surface area (Å²) in [5, 5.41) is 6.01. The number of fused-ring (bicyclic) bond motifs is 1. The van der Waals surface area contributed by atoms with Crippen molar-refractivity contribution >= 4 is 39.9 Å². The molecule has 0 aliphatic rings. The Balaban J connectivity index is 1.75. The molecule has 3 rings (SSSR count). The van der Waals surface area contributed by atoms with Crippen LogP contribution in [0.5, 0.6) is 0 Å². The van der Waals surface area contributed by atoms with Gasteiger partial charge in [0.1, 0.15) is 0 Å². The van der Waals surface area contributed by atoms with Gasteiger partial charge in [-0.25, -0.2) is 0 Å². The highest BCUT2D eigenvalue weighted by Gasteiger charge is 2.17. The summed E-state index contributed by atoms with van der Waals surface area (Å²) in [5.74, 6) is -0.302. The smallest absolute Gasteiger partial charge is 0.227 e. The summed E-state index contributed by atoms with van der Waals surface area (Å²) in [4.78, 5) is 16.7. The van der Waals surface area contributed by atoms with Gasteiger partial charge in [-0.1, -0.05) is 47.5 Å². The minimum absolute atomic E-state index is 0.0367. The molecule has 1 N–H and O–H groups in total. The summed E-state index contributed by atoms with van der Waals surface area (Å²) in [6, 6.07) is 13.2. The van der Waals surface area contributed by atoms with Crippen LogP contribution in [0.25, 0.3) is 10.8 Å². The fourth-order valence-corrected chi connectivity index (χ4v) is 2.98. The van der Waals surface area contributed by atoms with Crippen molar-refractivity contribution in [1.82, 2.24) is 10.3 Å². The van der Waals surface area contributed by atoms with E-state index in [1.807, 2.05) is 37.3 Å². The van der Waals surface area contributed by atoms with Gasteiger partial charge < -0.3 is 5.32 Å². The van der Waals surface area contributed by atoms with Gasteiger partial charge >= 0.3 is 0 Å². The zero-order valence-corrected chi connectivity index (χ0v) is 14.6. The van der Waals surface area contributed by atoms with E-state index in [0.29, 0.717) is 16.6 Å². The normalized spacial score (nSPS) is 12.1. The number of hydrogen-bond donors (Lipinski definition) is 1. The first-order valence-electron chi connectivity index (χ1n) is 7.60. The van der Waals surface area contributed by atoms with Crippen LogP contribution in [-0.4, -0.2) is 10.9 Å². The topological polar surface area (TPSA) is 42.0 Å². The number of pyridine rings is 1. The molecule has 0 fully saturated rings. The number of hydrogen-bond acceptors (Lipinski definition) is 2. The number of carbonyl (C=O) groups is 1. The molecule has 122 valence electrons. The van der Waals surface area contributed by atoms with E-state index in [9.17, 15) is 4.79 Å². The fourth-order valence-electron chi connectivity index (χ4n) is 2.66. The number of nitrogens with one attached hydrogen (secondary N) is 1. The number of rotatable bonds is 4. The number of halogens is 2. The van der Waals surface area contributed by atoms with E-state index < -0.39 is 0 Å². The van der Waals surface area contributed by atoms with E-state index in [2.05, 4.69) is 10.3 Å². The van der Waals surface area contributed by atoms with Crippen molar-refractivity contribution < 1.29 is 4.79 Å². The second-order valence-corrected chi connectivity index (χ2v) is 6.45. The van der Waals surface area contributed by atoms with Gasteiger partial charge in [0, 0.05) is 24.3 Å². The van der Waals surface area contributed by atoms with Crippen LogP contribution in [-0.2, 0) is 11.3 Å². The lowest BCUT2D eigenvalue weighted by molar-refractivity contribution is -0.122. The minimum atomic E-state index is -0.265. The standard InChI is InChI=1S/C19H16Cl2N2O/c1-12(15-4-2-3-14-11-22-8-7-16(14)15)19(24)23-10-13-5-6-17(20)18(21)9-13/h2-9,11-12H,10H2,1H3,(H,23,24). The summed E-state index contributed by atoms with van der Waals surface area (Å²) in [7, 11) is 0. The lowest BCUT2D eigenvalue weighted by atomic mass is 9.95. The first kappa shape index (κ1) is 16.7. The monoisotopic (exact) mass is 358 g/mol. The average Bonchev–Trinajstić information content (AvgIpc) is 2.61. The number of benzene rings is 2. The Morgan fingerprint density at radius 2 is 2.00 bits per heavy atom. The van der Waals surface area contributed by atoms with Gasteiger partial charge in [-0.15, -0.1) is 0 Å². The molecule has 3 nitrogen and oxygen atoms in total. The third-order valence-corrected chi connectivity index (χ3v) is 4.76. The maximum Gasteiger partial charge on any atom is 0.227 e. The van der Waals surface area contributed by atoms with Gasteiger partial charge in [0.2, 0.25) is 5.91 Å². The molecule has 24 heavy (non-hydrogen) atoms. The number of aromatic nitrogens is 1. The number of amides is 1. The summed E-state index contributed by atoms with van der Waals surface area (Å²) >= 11 is 11.9. The number of carbonyl (C=O) groups excluding carboxylic acids is 1. The molecule has 1 aromatic heterocycles. The van der Waals surface area contributed by atoms with Crippen molar-refractivity contribution in [1.29, 1.82) is 0 Å². The average molecular weight is 359 g/mol. The highest BCUT2D eigenvalue weighted by atomic mass is 35.5. The Labute approximate surface area is 150 Å². The highest BCUT2D eigenvalue weighted by molar-refractivity contribution is 6.42. The minimum Gasteiger partial charge on any atom is -0.352 e. The van der Waals surface area contributed by atoms with E-state index in [0.717, 1.165) is 21.9 Å². The molecule has 0 bridgehead atoms. The van der Waals surface area contributed by atoms with Crippen LogP contribution in [0.4, 0.5) is 0 Å². The Morgan fingerprint density at radius 1 is 1.17 bits per heavy atom. The Bertz CT molecular complexity index is 890. The van der Waals surface area contributed by atoms with E-state index in [-0.39, 0.29) is 11.8 Å². The molecule has 0 aliphatic carbocycles. The van der Waals surface area contributed by atoms with Crippen LogP contribution in [0, 0.1) is 0 Å². The molecule has 0 radical (unpaired) electrons. The predicted octanol–water partition coefficient (Wildman–Crippen LogP) is 4.96. The van der Waals surface area contributed by atoms with Gasteiger partial charge in [0.15, 0.2) is 0 Å². The largest absolute Gasteiger partial charge is 0.352 e. The van der Waals surface area contributed by atoms with Crippen molar-refractivity contribution in [2.24, 2.45) is 0 Å². The van der Waals surface area contributed by atoms with Gasteiger partial charge in [-0.05, 0) is 41.6 Å². The lowest BCUT2D eigenvalue weighted by Gasteiger charge is -2.15. The summed E-state index contributed by atoms with van der Waals surface area (Å²) < 4.78 is 0. The summed E-state index contributed by atoms with van der Waals surface area (Å²) in [5.41, 5.74) is 1.90. The van der Waals surface area contributed by atoms with Crippen LogP contribution >= 0.6 is 23.2 Å². The quantitative estimate of drug-likeness (QED) is 0.715. The van der Waals surface area contributed by atoms with Crippen LogP contribution in [0.1, 0.15) is 24.0 Å². The van der Waals surface area contributed by atoms with Crippen molar-refractivity contribution in [3.05, 3.63) is 76.0 Å². The van der Waals surface area contributed by atoms with Gasteiger partial charge in [-0.3, -0.25) is 9.78 Å². The molecule has 1 atom stereocenters. The third-order valence-electron chi connectivity index (χ3n) is 4.03. The molecule has 0 aliphatic heterocycles. The molecule has 3 aromatic rings. The molecule has 1 heterocycles. The van der Waals surface area contributed by atoms with E-state index in [4.69, 9.17) is 23.2 Å². The zero-order chi connectivity index (χ0) is 17.1. The van der Waals surface area contributed by atoms with E-state index in [1.165, 1.54) is 0 Å². The maximum atomic E-state index is 12.5. The molecule has 0 spiro atoms. The zero-order valence-electron chi connectivity index (χ0n) is 13.1. The van der Waals surface area contributed by atoms with Crippen LogP contribution in [0.3, 0.4) is 0 Å². The van der Waals surface area contributed by atoms with Gasteiger partial charge in [-0.2, -0.15) is 0 Å². The molecule has 1 unspecified atom stereocenters. The second-order valence-electron chi connectivity index (χ2n) is 5.63. The Kier molecular flexibility index (Phi) is 5.03. The van der Waals surface area contributed by atoms with Crippen LogP contribution in [0.2, 0.25) is 10.0 Å². The number of nitrogens with zero attached hydrogens (tertiary/aromatic N) is 1. The third kappa shape index (κ3) is 3.53. The van der Waals surface area contributed by atoms with E-state index >= 15 is 0 Å².